The van der Waals surface area contributed by atoms with Crippen molar-refractivity contribution in [2.75, 3.05) is 5.75 Å². The summed E-state index contributed by atoms with van der Waals surface area (Å²) < 4.78 is 52.3. The van der Waals surface area contributed by atoms with E-state index in [1.54, 1.807) is 0 Å². The van der Waals surface area contributed by atoms with Crippen LogP contribution in [-0.4, -0.2) is 17.2 Å². The highest BCUT2D eigenvalue weighted by atomic mass is 32.2. The number of ether oxygens (including phenoxy) is 1. The second-order valence-electron chi connectivity index (χ2n) is 3.02. The summed E-state index contributed by atoms with van der Waals surface area (Å²) in [6.07, 6.45) is 0. The molecule has 0 heterocycles. The standard InChI is InChI=1S/C10H8F4O2S/c11-8-3-1-7(2-4-8)5-16-9(15)6-17-10(12,13)14/h1-4H,5-6H2. The highest BCUT2D eigenvalue weighted by Gasteiger charge is 2.29. The molecule has 0 saturated heterocycles. The van der Waals surface area contributed by atoms with Crippen molar-refractivity contribution >= 4 is 17.7 Å². The first-order valence-electron chi connectivity index (χ1n) is 4.47. The SMILES string of the molecule is O=C(CSC(F)(F)F)OCc1ccc(F)cc1. The molecule has 0 atom stereocenters. The maximum absolute atomic E-state index is 12.5. The third kappa shape index (κ3) is 6.15. The van der Waals surface area contributed by atoms with Gasteiger partial charge in [-0.3, -0.25) is 4.79 Å². The first-order chi connectivity index (χ1) is 7.87. The van der Waals surface area contributed by atoms with E-state index >= 15 is 0 Å². The molecule has 0 unspecified atom stereocenters. The lowest BCUT2D eigenvalue weighted by Gasteiger charge is -2.06. The Morgan fingerprint density at radius 3 is 2.35 bits per heavy atom. The van der Waals surface area contributed by atoms with Crippen molar-refractivity contribution in [3.05, 3.63) is 35.6 Å². The van der Waals surface area contributed by atoms with E-state index in [2.05, 4.69) is 4.74 Å². The average molecular weight is 268 g/mol. The lowest BCUT2D eigenvalue weighted by molar-refractivity contribution is -0.141. The second-order valence-corrected chi connectivity index (χ2v) is 4.06. The fourth-order valence-corrected chi connectivity index (χ4v) is 1.29. The van der Waals surface area contributed by atoms with Gasteiger partial charge < -0.3 is 4.74 Å². The van der Waals surface area contributed by atoms with E-state index in [1.807, 2.05) is 0 Å². The van der Waals surface area contributed by atoms with Crippen LogP contribution in [0.4, 0.5) is 17.6 Å². The summed E-state index contributed by atoms with van der Waals surface area (Å²) in [6.45, 7) is -0.169. The van der Waals surface area contributed by atoms with E-state index in [4.69, 9.17) is 0 Å². The molecule has 0 spiro atoms. The maximum atomic E-state index is 12.5. The van der Waals surface area contributed by atoms with Gasteiger partial charge in [-0.25, -0.2) is 4.39 Å². The zero-order valence-electron chi connectivity index (χ0n) is 8.46. The molecule has 94 valence electrons. The molecule has 0 saturated carbocycles. The lowest BCUT2D eigenvalue weighted by Crippen LogP contribution is -2.12. The number of hydrogen-bond donors (Lipinski definition) is 0. The van der Waals surface area contributed by atoms with Gasteiger partial charge in [0.2, 0.25) is 0 Å². The number of hydrogen-bond acceptors (Lipinski definition) is 3. The summed E-state index contributed by atoms with van der Waals surface area (Å²) in [5.41, 5.74) is -3.94. The van der Waals surface area contributed by atoms with Gasteiger partial charge in [-0.2, -0.15) is 13.2 Å². The first-order valence-corrected chi connectivity index (χ1v) is 5.46. The molecule has 0 radical (unpaired) electrons. The van der Waals surface area contributed by atoms with Gasteiger partial charge in [0, 0.05) is 0 Å². The maximum Gasteiger partial charge on any atom is 0.442 e. The van der Waals surface area contributed by atoms with Gasteiger partial charge in [-0.15, -0.1) is 0 Å². The fraction of sp³-hybridized carbons (Fsp3) is 0.300. The number of carbonyl (C=O) groups is 1. The number of alkyl halides is 3. The van der Waals surface area contributed by atoms with Gasteiger partial charge in [-0.1, -0.05) is 12.1 Å². The molecule has 1 aromatic carbocycles. The van der Waals surface area contributed by atoms with E-state index < -0.39 is 34.8 Å². The Morgan fingerprint density at radius 2 is 1.82 bits per heavy atom. The molecule has 1 rings (SSSR count). The van der Waals surface area contributed by atoms with Crippen LogP contribution in [0.1, 0.15) is 5.56 Å². The summed E-state index contributed by atoms with van der Waals surface area (Å²) >= 11 is -0.455. The van der Waals surface area contributed by atoms with Gasteiger partial charge in [0.05, 0.1) is 0 Å². The van der Waals surface area contributed by atoms with Crippen molar-refractivity contribution in [3.8, 4) is 0 Å². The molecule has 7 heteroatoms. The number of esters is 1. The molecule has 0 aliphatic carbocycles. The van der Waals surface area contributed by atoms with Crippen LogP contribution in [-0.2, 0) is 16.1 Å². The van der Waals surface area contributed by atoms with Crippen LogP contribution in [0.5, 0.6) is 0 Å². The Morgan fingerprint density at radius 1 is 1.24 bits per heavy atom. The van der Waals surface area contributed by atoms with Gasteiger partial charge >= 0.3 is 11.5 Å². The van der Waals surface area contributed by atoms with Crippen LogP contribution < -0.4 is 0 Å². The molecule has 0 aliphatic rings. The number of carbonyl (C=O) groups excluding carboxylic acids is 1. The zero-order valence-corrected chi connectivity index (χ0v) is 9.28. The van der Waals surface area contributed by atoms with Gasteiger partial charge in [-0.05, 0) is 29.5 Å². The molecule has 0 fully saturated rings. The van der Waals surface area contributed by atoms with Crippen LogP contribution in [0.2, 0.25) is 0 Å². The van der Waals surface area contributed by atoms with Crippen LogP contribution >= 0.6 is 11.8 Å². The minimum atomic E-state index is -4.45. The molecular weight excluding hydrogens is 260 g/mol. The van der Waals surface area contributed by atoms with Crippen LogP contribution in [0, 0.1) is 5.82 Å². The molecule has 1 aromatic rings. The number of halogens is 4. The third-order valence-electron chi connectivity index (χ3n) is 1.67. The summed E-state index contributed by atoms with van der Waals surface area (Å²) in [5.74, 6) is -2.19. The van der Waals surface area contributed by atoms with Crippen molar-refractivity contribution in [3.63, 3.8) is 0 Å². The van der Waals surface area contributed by atoms with Crippen LogP contribution in [0.15, 0.2) is 24.3 Å². The fourth-order valence-electron chi connectivity index (χ4n) is 0.927. The van der Waals surface area contributed by atoms with Crippen molar-refractivity contribution in [1.29, 1.82) is 0 Å². The minimum absolute atomic E-state index is 0.169. The number of benzene rings is 1. The second kappa shape index (κ2) is 5.90. The molecule has 0 aromatic heterocycles. The molecule has 17 heavy (non-hydrogen) atoms. The molecule has 0 bridgehead atoms. The van der Waals surface area contributed by atoms with Gasteiger partial charge in [0.15, 0.2) is 0 Å². The highest BCUT2D eigenvalue weighted by molar-refractivity contribution is 8.00. The van der Waals surface area contributed by atoms with E-state index in [-0.39, 0.29) is 6.61 Å². The summed E-state index contributed by atoms with van der Waals surface area (Å²) in [5, 5.41) is 0. The van der Waals surface area contributed by atoms with Crippen molar-refractivity contribution in [1.82, 2.24) is 0 Å². The lowest BCUT2D eigenvalue weighted by atomic mass is 10.2. The number of thioether (sulfide) groups is 1. The smallest absolute Gasteiger partial charge is 0.442 e. The summed E-state index contributed by atoms with van der Waals surface area (Å²) in [6, 6.07) is 5.13. The monoisotopic (exact) mass is 268 g/mol. The molecule has 0 aliphatic heterocycles. The van der Waals surface area contributed by atoms with Crippen molar-refractivity contribution in [2.24, 2.45) is 0 Å². The van der Waals surface area contributed by atoms with Crippen LogP contribution in [0.3, 0.4) is 0 Å². The minimum Gasteiger partial charge on any atom is -0.460 e. The van der Waals surface area contributed by atoms with Crippen molar-refractivity contribution < 1.29 is 27.1 Å². The van der Waals surface area contributed by atoms with Gasteiger partial charge in [0.25, 0.3) is 0 Å². The normalized spacial score (nSPS) is 11.3. The average Bonchev–Trinajstić information content (AvgIpc) is 2.25. The third-order valence-corrected chi connectivity index (χ3v) is 2.37. The summed E-state index contributed by atoms with van der Waals surface area (Å²) in [7, 11) is 0. The van der Waals surface area contributed by atoms with E-state index in [9.17, 15) is 22.4 Å². The van der Waals surface area contributed by atoms with E-state index in [1.165, 1.54) is 24.3 Å². The largest absolute Gasteiger partial charge is 0.460 e. The Bertz CT molecular complexity index is 375. The topological polar surface area (TPSA) is 26.3 Å². The quantitative estimate of drug-likeness (QED) is 0.620. The zero-order chi connectivity index (χ0) is 12.9. The summed E-state index contributed by atoms with van der Waals surface area (Å²) in [4.78, 5) is 10.9. The molecular formula is C10H8F4O2S. The predicted octanol–water partition coefficient (Wildman–Crippen LogP) is 3.12. The first kappa shape index (κ1) is 13.8. The number of rotatable bonds is 4. The van der Waals surface area contributed by atoms with E-state index in [0.717, 1.165) is 0 Å². The highest BCUT2D eigenvalue weighted by Crippen LogP contribution is 2.29. The Balaban J connectivity index is 2.31. The predicted molar refractivity (Wildman–Crippen MR) is 54.7 cm³/mol. The van der Waals surface area contributed by atoms with Crippen molar-refractivity contribution in [2.45, 2.75) is 12.1 Å². The Labute approximate surface area is 99.0 Å². The molecule has 0 N–H and O–H groups in total. The molecule has 2 nitrogen and oxygen atoms in total. The Hall–Kier alpha value is -1.24. The van der Waals surface area contributed by atoms with Crippen LogP contribution in [0.25, 0.3) is 0 Å². The molecule has 0 amide bonds. The van der Waals surface area contributed by atoms with E-state index in [0.29, 0.717) is 5.56 Å². The Kier molecular flexibility index (Phi) is 4.80. The van der Waals surface area contributed by atoms with Gasteiger partial charge in [0.1, 0.15) is 18.2 Å².